The maximum atomic E-state index is 8.69. The van der Waals surface area contributed by atoms with Crippen molar-refractivity contribution in [1.82, 2.24) is 0 Å². The van der Waals surface area contributed by atoms with Crippen molar-refractivity contribution in [2.24, 2.45) is 10.9 Å². The van der Waals surface area contributed by atoms with Crippen molar-refractivity contribution < 1.29 is 5.21 Å². The quantitative estimate of drug-likeness (QED) is 0.294. The number of nitrogens with zero attached hydrogens (tertiary/aromatic N) is 1. The molecule has 7 heteroatoms. The van der Waals surface area contributed by atoms with Gasteiger partial charge in [-0.3, -0.25) is 0 Å². The number of halogens is 3. The molecule has 1 aromatic carbocycles. The van der Waals surface area contributed by atoms with E-state index >= 15 is 0 Å². The minimum Gasteiger partial charge on any atom is -0.409 e. The summed E-state index contributed by atoms with van der Waals surface area (Å²) in [5.74, 6) is 0.161. The van der Waals surface area contributed by atoms with Crippen LogP contribution >= 0.6 is 47.8 Å². The molecule has 0 amide bonds. The van der Waals surface area contributed by atoms with Crippen LogP contribution in [0.1, 0.15) is 13.3 Å². The lowest BCUT2D eigenvalue weighted by Gasteiger charge is -2.19. The number of hydrogen-bond acceptors (Lipinski definition) is 3. The number of oxime groups is 1. The van der Waals surface area contributed by atoms with E-state index in [-0.39, 0.29) is 11.9 Å². The van der Waals surface area contributed by atoms with Gasteiger partial charge in [-0.25, -0.2) is 0 Å². The second-order valence-electron chi connectivity index (χ2n) is 3.37. The van der Waals surface area contributed by atoms with Crippen LogP contribution in [-0.2, 0) is 0 Å². The molecule has 0 saturated carbocycles. The maximum Gasteiger partial charge on any atom is 0.161 e. The fourth-order valence-corrected chi connectivity index (χ4v) is 3.80. The summed E-state index contributed by atoms with van der Waals surface area (Å²) in [5.41, 5.74) is 6.47. The third-order valence-corrected chi connectivity index (χ3v) is 3.91. The number of amidine groups is 1. The monoisotopic (exact) mass is 427 g/mol. The Morgan fingerprint density at radius 3 is 2.35 bits per heavy atom. The van der Waals surface area contributed by atoms with Crippen LogP contribution in [0, 0.1) is 0 Å². The fourth-order valence-electron chi connectivity index (χ4n) is 1.31. The normalized spacial score (nSPS) is 13.5. The molecule has 0 aliphatic carbocycles. The number of benzene rings is 1. The first-order valence-corrected chi connectivity index (χ1v) is 7.26. The van der Waals surface area contributed by atoms with E-state index in [2.05, 4.69) is 58.3 Å². The highest BCUT2D eigenvalue weighted by molar-refractivity contribution is 9.11. The second kappa shape index (κ2) is 6.61. The zero-order chi connectivity index (χ0) is 13.0. The number of anilines is 1. The van der Waals surface area contributed by atoms with Gasteiger partial charge in [-0.05, 0) is 50.4 Å². The summed E-state index contributed by atoms with van der Waals surface area (Å²) < 4.78 is 2.74. The molecule has 0 aliphatic rings. The minimum atomic E-state index is -0.214. The van der Waals surface area contributed by atoms with E-state index in [1.807, 2.05) is 19.1 Å². The van der Waals surface area contributed by atoms with Gasteiger partial charge < -0.3 is 16.3 Å². The number of nitrogens with one attached hydrogen (secondary N) is 1. The summed E-state index contributed by atoms with van der Waals surface area (Å²) in [4.78, 5) is 0. The van der Waals surface area contributed by atoms with Crippen molar-refractivity contribution >= 4 is 59.3 Å². The molecule has 0 heterocycles. The van der Waals surface area contributed by atoms with Crippen molar-refractivity contribution in [3.63, 3.8) is 0 Å². The molecule has 0 aliphatic heterocycles. The molecule has 4 nitrogen and oxygen atoms in total. The Morgan fingerprint density at radius 2 is 1.94 bits per heavy atom. The average Bonchev–Trinajstić information content (AvgIpc) is 2.27. The summed E-state index contributed by atoms with van der Waals surface area (Å²) in [6.45, 7) is 1.95. The Kier molecular flexibility index (Phi) is 5.75. The van der Waals surface area contributed by atoms with Crippen LogP contribution < -0.4 is 11.1 Å². The van der Waals surface area contributed by atoms with Crippen molar-refractivity contribution in [3.05, 3.63) is 25.6 Å². The first kappa shape index (κ1) is 14.8. The summed E-state index contributed by atoms with van der Waals surface area (Å²) >= 11 is 10.3. The number of hydrogen-bond donors (Lipinski definition) is 3. The molecule has 17 heavy (non-hydrogen) atoms. The third kappa shape index (κ3) is 3.86. The van der Waals surface area contributed by atoms with Gasteiger partial charge in [0.2, 0.25) is 0 Å². The van der Waals surface area contributed by atoms with Gasteiger partial charge in [-0.15, -0.1) is 0 Å². The standard InChI is InChI=1S/C10H12Br3N3O/c1-2-8(10(14)16-17)15-9-6(12)3-5(11)4-7(9)13/h3-4,8,15,17H,2H2,1H3,(H2,14,16). The van der Waals surface area contributed by atoms with E-state index in [4.69, 9.17) is 10.9 Å². The van der Waals surface area contributed by atoms with Crippen LogP contribution in [0.25, 0.3) is 0 Å². The molecule has 0 radical (unpaired) electrons. The lowest BCUT2D eigenvalue weighted by Crippen LogP contribution is -2.35. The molecule has 1 atom stereocenters. The highest BCUT2D eigenvalue weighted by atomic mass is 79.9. The highest BCUT2D eigenvalue weighted by Crippen LogP contribution is 2.34. The Balaban J connectivity index is 3.02. The average molecular weight is 430 g/mol. The van der Waals surface area contributed by atoms with Gasteiger partial charge in [0.25, 0.3) is 0 Å². The van der Waals surface area contributed by atoms with E-state index < -0.39 is 0 Å². The van der Waals surface area contributed by atoms with Gasteiger partial charge in [-0.1, -0.05) is 28.0 Å². The molecule has 1 unspecified atom stereocenters. The molecule has 0 bridgehead atoms. The summed E-state index contributed by atoms with van der Waals surface area (Å²) in [7, 11) is 0. The van der Waals surface area contributed by atoms with Gasteiger partial charge in [0.15, 0.2) is 5.84 Å². The predicted octanol–water partition coefficient (Wildman–Crippen LogP) is 3.91. The molecule has 0 saturated heterocycles. The van der Waals surface area contributed by atoms with Crippen LogP contribution in [0.15, 0.2) is 30.7 Å². The summed E-state index contributed by atoms with van der Waals surface area (Å²) in [6.07, 6.45) is 0.713. The van der Waals surface area contributed by atoms with Gasteiger partial charge in [0.1, 0.15) is 0 Å². The van der Waals surface area contributed by atoms with Crippen molar-refractivity contribution in [2.45, 2.75) is 19.4 Å². The van der Waals surface area contributed by atoms with Gasteiger partial charge in [0.05, 0.1) is 11.7 Å². The van der Waals surface area contributed by atoms with Crippen molar-refractivity contribution in [2.75, 3.05) is 5.32 Å². The highest BCUT2D eigenvalue weighted by Gasteiger charge is 2.15. The van der Waals surface area contributed by atoms with Crippen molar-refractivity contribution in [1.29, 1.82) is 0 Å². The molecule has 94 valence electrons. The Bertz CT molecular complexity index is 414. The van der Waals surface area contributed by atoms with Crippen LogP contribution in [0.5, 0.6) is 0 Å². The van der Waals surface area contributed by atoms with E-state index in [9.17, 15) is 0 Å². The first-order valence-electron chi connectivity index (χ1n) is 4.88. The number of rotatable bonds is 4. The van der Waals surface area contributed by atoms with Gasteiger partial charge >= 0.3 is 0 Å². The topological polar surface area (TPSA) is 70.6 Å². The molecular formula is C10H12Br3N3O. The van der Waals surface area contributed by atoms with Crippen molar-refractivity contribution in [3.8, 4) is 0 Å². The first-order chi connectivity index (χ1) is 7.99. The lowest BCUT2D eigenvalue weighted by molar-refractivity contribution is 0.316. The van der Waals surface area contributed by atoms with Crippen LogP contribution in [0.4, 0.5) is 5.69 Å². The van der Waals surface area contributed by atoms with E-state index in [0.717, 1.165) is 19.1 Å². The smallest absolute Gasteiger partial charge is 0.161 e. The predicted molar refractivity (Wildman–Crippen MR) is 80.7 cm³/mol. The Morgan fingerprint density at radius 1 is 1.41 bits per heavy atom. The largest absolute Gasteiger partial charge is 0.409 e. The lowest BCUT2D eigenvalue weighted by atomic mass is 10.2. The van der Waals surface area contributed by atoms with E-state index in [1.165, 1.54) is 0 Å². The molecule has 0 spiro atoms. The molecule has 1 rings (SSSR count). The van der Waals surface area contributed by atoms with E-state index in [0.29, 0.717) is 6.42 Å². The molecular weight excluding hydrogens is 418 g/mol. The molecule has 1 aromatic rings. The van der Waals surface area contributed by atoms with Crippen LogP contribution in [0.3, 0.4) is 0 Å². The van der Waals surface area contributed by atoms with E-state index in [1.54, 1.807) is 0 Å². The molecule has 4 N–H and O–H groups in total. The zero-order valence-corrected chi connectivity index (χ0v) is 13.8. The minimum absolute atomic E-state index is 0.161. The molecule has 0 aromatic heterocycles. The maximum absolute atomic E-state index is 8.69. The van der Waals surface area contributed by atoms with Crippen LogP contribution in [0.2, 0.25) is 0 Å². The second-order valence-corrected chi connectivity index (χ2v) is 6.00. The zero-order valence-electron chi connectivity index (χ0n) is 9.04. The van der Waals surface area contributed by atoms with Crippen LogP contribution in [-0.4, -0.2) is 17.1 Å². The SMILES string of the molecule is CCC(Nc1c(Br)cc(Br)cc1Br)C(N)=NO. The van der Waals surface area contributed by atoms with Gasteiger partial charge in [-0.2, -0.15) is 0 Å². The third-order valence-electron chi connectivity index (χ3n) is 2.21. The summed E-state index contributed by atoms with van der Waals surface area (Å²) in [5, 5.41) is 14.9. The van der Waals surface area contributed by atoms with Gasteiger partial charge in [0, 0.05) is 13.4 Å². The fraction of sp³-hybridized carbons (Fsp3) is 0.300. The molecule has 0 fully saturated rings. The number of nitrogens with two attached hydrogens (primary N) is 1. The summed E-state index contributed by atoms with van der Waals surface area (Å²) in [6, 6.07) is 3.63. The Hall–Kier alpha value is -0.270. The Labute approximate surface area is 125 Å².